The van der Waals surface area contributed by atoms with E-state index in [0.29, 0.717) is 47.3 Å². The first kappa shape index (κ1) is 23.1. The Morgan fingerprint density at radius 1 is 1.20 bits per heavy atom. The number of rotatable bonds is 6. The van der Waals surface area contributed by atoms with Crippen molar-refractivity contribution in [2.75, 3.05) is 11.2 Å². The molecule has 1 aliphatic heterocycles. The lowest BCUT2D eigenvalue weighted by Gasteiger charge is -2.38. The molecule has 1 aliphatic carbocycles. The quantitative estimate of drug-likeness (QED) is 0.463. The Balaban J connectivity index is 1.56. The molecule has 9 heteroatoms. The van der Waals surface area contributed by atoms with Crippen molar-refractivity contribution in [2.45, 2.75) is 36.1 Å². The summed E-state index contributed by atoms with van der Waals surface area (Å²) < 4.78 is 6.82. The first-order chi connectivity index (χ1) is 17.1. The highest BCUT2D eigenvalue weighted by Crippen LogP contribution is 2.47. The standard InChI is InChI=1S/C26H23N5O2S2/c1-34-26-30-29-25(35-26)31-20-11-6-12-21(32)23(20)22(19(14-27)24(31)28)17-9-5-10-18(13-17)33-15-16-7-3-2-4-8-16/h2-5,7-10,13,22H,6,11-12,15,28H2,1H3. The molecule has 0 amide bonds. The van der Waals surface area contributed by atoms with Crippen LogP contribution in [0.1, 0.15) is 36.3 Å². The number of ketones is 1. The zero-order chi connectivity index (χ0) is 24.4. The van der Waals surface area contributed by atoms with Crippen LogP contribution in [0.15, 0.2) is 81.6 Å². The fraction of sp³-hybridized carbons (Fsp3) is 0.231. The van der Waals surface area contributed by atoms with Gasteiger partial charge in [0.15, 0.2) is 10.1 Å². The van der Waals surface area contributed by atoms with Crippen LogP contribution in [0, 0.1) is 11.3 Å². The minimum atomic E-state index is -0.549. The van der Waals surface area contributed by atoms with E-state index >= 15 is 0 Å². The van der Waals surface area contributed by atoms with E-state index in [1.807, 2.05) is 60.9 Å². The van der Waals surface area contributed by atoms with Crippen molar-refractivity contribution in [3.63, 3.8) is 0 Å². The van der Waals surface area contributed by atoms with Gasteiger partial charge in [-0.3, -0.25) is 9.69 Å². The number of allylic oxidation sites excluding steroid dienone is 3. The van der Waals surface area contributed by atoms with E-state index < -0.39 is 5.92 Å². The van der Waals surface area contributed by atoms with Gasteiger partial charge >= 0.3 is 0 Å². The highest BCUT2D eigenvalue weighted by atomic mass is 32.2. The van der Waals surface area contributed by atoms with Gasteiger partial charge in [0.05, 0.1) is 17.6 Å². The van der Waals surface area contributed by atoms with Gasteiger partial charge in [-0.1, -0.05) is 65.6 Å². The van der Waals surface area contributed by atoms with Gasteiger partial charge in [0, 0.05) is 17.7 Å². The van der Waals surface area contributed by atoms with Crippen molar-refractivity contribution in [1.29, 1.82) is 5.26 Å². The molecule has 0 fully saturated rings. The molecule has 35 heavy (non-hydrogen) atoms. The third-order valence-electron chi connectivity index (χ3n) is 6.11. The second-order valence-electron chi connectivity index (χ2n) is 8.22. The Morgan fingerprint density at radius 3 is 2.77 bits per heavy atom. The summed E-state index contributed by atoms with van der Waals surface area (Å²) in [5.74, 6) is 0.452. The van der Waals surface area contributed by atoms with Crippen LogP contribution < -0.4 is 15.4 Å². The van der Waals surface area contributed by atoms with Crippen molar-refractivity contribution in [3.05, 3.63) is 88.4 Å². The van der Waals surface area contributed by atoms with Gasteiger partial charge in [-0.25, -0.2) is 0 Å². The van der Waals surface area contributed by atoms with Crippen molar-refractivity contribution < 1.29 is 9.53 Å². The Bertz CT molecular complexity index is 1370. The Labute approximate surface area is 211 Å². The SMILES string of the molecule is CSc1nnc(N2C(N)=C(C#N)C(c3cccc(OCc4ccccc4)c3)C3=C2CCCC3=O)s1. The van der Waals surface area contributed by atoms with Crippen LogP contribution in [0.2, 0.25) is 0 Å². The van der Waals surface area contributed by atoms with Crippen LogP contribution in [-0.2, 0) is 11.4 Å². The maximum Gasteiger partial charge on any atom is 0.219 e. The number of ether oxygens (including phenoxy) is 1. The number of anilines is 1. The molecular formula is C26H23N5O2S2. The number of nitriles is 1. The van der Waals surface area contributed by atoms with Crippen LogP contribution in [0.25, 0.3) is 0 Å². The first-order valence-corrected chi connectivity index (χ1v) is 13.2. The summed E-state index contributed by atoms with van der Waals surface area (Å²) in [7, 11) is 0. The minimum Gasteiger partial charge on any atom is -0.489 e. The van der Waals surface area contributed by atoms with Crippen LogP contribution >= 0.6 is 23.1 Å². The van der Waals surface area contributed by atoms with Gasteiger partial charge in [-0.15, -0.1) is 10.2 Å². The number of Topliss-reactive ketones (excluding diaryl/α,β-unsaturated/α-hetero) is 1. The van der Waals surface area contributed by atoms with E-state index in [9.17, 15) is 10.1 Å². The van der Waals surface area contributed by atoms with Gasteiger partial charge < -0.3 is 10.5 Å². The molecule has 1 unspecified atom stereocenters. The van der Waals surface area contributed by atoms with Crippen LogP contribution in [0.5, 0.6) is 5.75 Å². The van der Waals surface area contributed by atoms with Crippen LogP contribution in [0.3, 0.4) is 0 Å². The second-order valence-corrected chi connectivity index (χ2v) is 10.2. The topological polar surface area (TPSA) is 105 Å². The lowest BCUT2D eigenvalue weighted by atomic mass is 9.76. The predicted octanol–water partition coefficient (Wildman–Crippen LogP) is 5.14. The Kier molecular flexibility index (Phi) is 6.57. The molecule has 2 N–H and O–H groups in total. The highest BCUT2D eigenvalue weighted by molar-refractivity contribution is 8.00. The van der Waals surface area contributed by atoms with Gasteiger partial charge in [-0.2, -0.15) is 5.26 Å². The molecule has 0 radical (unpaired) electrons. The van der Waals surface area contributed by atoms with Gasteiger partial charge in [0.2, 0.25) is 5.13 Å². The smallest absolute Gasteiger partial charge is 0.219 e. The summed E-state index contributed by atoms with van der Waals surface area (Å²) in [6, 6.07) is 19.8. The number of nitrogens with zero attached hydrogens (tertiary/aromatic N) is 4. The Morgan fingerprint density at radius 2 is 2.03 bits per heavy atom. The maximum absolute atomic E-state index is 13.3. The van der Waals surface area contributed by atoms with Crippen LogP contribution in [0.4, 0.5) is 5.13 Å². The number of carbonyl (C=O) groups is 1. The molecule has 7 nitrogen and oxygen atoms in total. The fourth-order valence-electron chi connectivity index (χ4n) is 4.54. The molecule has 2 aromatic carbocycles. The molecule has 0 saturated carbocycles. The lowest BCUT2D eigenvalue weighted by molar-refractivity contribution is -0.116. The molecule has 2 heterocycles. The largest absolute Gasteiger partial charge is 0.489 e. The summed E-state index contributed by atoms with van der Waals surface area (Å²) >= 11 is 2.89. The summed E-state index contributed by atoms with van der Waals surface area (Å²) in [5.41, 5.74) is 10.2. The fourth-order valence-corrected chi connectivity index (χ4v) is 5.84. The monoisotopic (exact) mass is 501 g/mol. The molecule has 0 bridgehead atoms. The van der Waals surface area contributed by atoms with E-state index in [2.05, 4.69) is 16.3 Å². The number of hydrogen-bond donors (Lipinski definition) is 1. The van der Waals surface area contributed by atoms with Gasteiger partial charge in [0.1, 0.15) is 18.2 Å². The number of nitrogens with two attached hydrogens (primary N) is 1. The molecule has 1 atom stereocenters. The molecular weight excluding hydrogens is 478 g/mol. The van der Waals surface area contributed by atoms with Crippen molar-refractivity contribution >= 4 is 34.0 Å². The summed E-state index contributed by atoms with van der Waals surface area (Å²) in [6.45, 7) is 0.424. The molecule has 2 aliphatic rings. The van der Waals surface area contributed by atoms with Gasteiger partial charge in [-0.05, 0) is 42.4 Å². The average molecular weight is 502 g/mol. The third-order valence-corrected chi connectivity index (χ3v) is 8.00. The number of aromatic nitrogens is 2. The highest BCUT2D eigenvalue weighted by Gasteiger charge is 2.41. The first-order valence-electron chi connectivity index (χ1n) is 11.2. The normalized spacial score (nSPS) is 17.9. The zero-order valence-electron chi connectivity index (χ0n) is 19.1. The molecule has 1 aromatic heterocycles. The third kappa shape index (κ3) is 4.43. The van der Waals surface area contributed by atoms with Gasteiger partial charge in [0.25, 0.3) is 0 Å². The molecule has 3 aromatic rings. The summed E-state index contributed by atoms with van der Waals surface area (Å²) in [4.78, 5) is 15.0. The van der Waals surface area contributed by atoms with E-state index in [4.69, 9.17) is 10.5 Å². The minimum absolute atomic E-state index is 0.0340. The predicted molar refractivity (Wildman–Crippen MR) is 137 cm³/mol. The van der Waals surface area contributed by atoms with E-state index in [1.165, 1.54) is 23.1 Å². The number of hydrogen-bond acceptors (Lipinski definition) is 9. The zero-order valence-corrected chi connectivity index (χ0v) is 20.7. The molecule has 0 spiro atoms. The lowest BCUT2D eigenvalue weighted by Crippen LogP contribution is -2.38. The number of thioether (sulfide) groups is 1. The van der Waals surface area contributed by atoms with E-state index in [0.717, 1.165) is 27.6 Å². The summed E-state index contributed by atoms with van der Waals surface area (Å²) in [6.07, 6.45) is 3.77. The second kappa shape index (κ2) is 9.94. The van der Waals surface area contributed by atoms with Crippen molar-refractivity contribution in [1.82, 2.24) is 10.2 Å². The van der Waals surface area contributed by atoms with Crippen molar-refractivity contribution in [2.24, 2.45) is 5.73 Å². The maximum atomic E-state index is 13.3. The van der Waals surface area contributed by atoms with Crippen LogP contribution in [-0.4, -0.2) is 22.2 Å². The Hall–Kier alpha value is -3.61. The van der Waals surface area contributed by atoms with E-state index in [1.54, 1.807) is 4.90 Å². The van der Waals surface area contributed by atoms with E-state index in [-0.39, 0.29) is 5.78 Å². The van der Waals surface area contributed by atoms with Crippen molar-refractivity contribution in [3.8, 4) is 11.8 Å². The number of carbonyl (C=O) groups excluding carboxylic acids is 1. The average Bonchev–Trinajstić information content (AvgIpc) is 3.36. The summed E-state index contributed by atoms with van der Waals surface area (Å²) in [5, 5.41) is 19.2. The molecule has 176 valence electrons. The molecule has 5 rings (SSSR count). The molecule has 0 saturated heterocycles. The number of benzene rings is 2.